The van der Waals surface area contributed by atoms with Crippen molar-refractivity contribution in [1.82, 2.24) is 9.62 Å². The Morgan fingerprint density at radius 2 is 1.84 bits per heavy atom. The Labute approximate surface area is 187 Å². The summed E-state index contributed by atoms with van der Waals surface area (Å²) < 4.78 is 32.5. The molecule has 1 saturated heterocycles. The Morgan fingerprint density at radius 3 is 2.47 bits per heavy atom. The molecule has 2 aromatic rings. The van der Waals surface area contributed by atoms with Crippen LogP contribution < -0.4 is 5.32 Å². The minimum absolute atomic E-state index is 0.112. The van der Waals surface area contributed by atoms with Crippen molar-refractivity contribution in [2.24, 2.45) is 4.99 Å². The van der Waals surface area contributed by atoms with Gasteiger partial charge in [0.2, 0.25) is 10.0 Å². The average Bonchev–Trinajstić information content (AvgIpc) is 3.10. The van der Waals surface area contributed by atoms with Crippen molar-refractivity contribution < 1.29 is 22.7 Å². The molecule has 32 heavy (non-hydrogen) atoms. The maximum absolute atomic E-state index is 13.1. The first-order chi connectivity index (χ1) is 15.2. The summed E-state index contributed by atoms with van der Waals surface area (Å²) in [5.41, 5.74) is 1.70. The third-order valence-corrected chi connectivity index (χ3v) is 7.64. The summed E-state index contributed by atoms with van der Waals surface area (Å²) in [7, 11) is -3.73. The number of nitrogens with zero attached hydrogens (tertiary/aromatic N) is 2. The number of sulfonamides is 1. The van der Waals surface area contributed by atoms with Gasteiger partial charge < -0.3 is 10.1 Å². The smallest absolute Gasteiger partial charge is 0.338 e. The summed E-state index contributed by atoms with van der Waals surface area (Å²) in [5.74, 6) is -0.725. The number of carbonyl (C=O) groups is 2. The van der Waals surface area contributed by atoms with E-state index in [1.807, 2.05) is 31.2 Å². The summed E-state index contributed by atoms with van der Waals surface area (Å²) in [4.78, 5) is 29.2. The molecule has 2 heterocycles. The van der Waals surface area contributed by atoms with Crippen LogP contribution in [0.25, 0.3) is 0 Å². The van der Waals surface area contributed by atoms with Crippen LogP contribution in [0.1, 0.15) is 41.3 Å². The molecule has 1 amide bonds. The third-order valence-electron chi connectivity index (χ3n) is 5.73. The van der Waals surface area contributed by atoms with Gasteiger partial charge in [-0.2, -0.15) is 4.31 Å². The van der Waals surface area contributed by atoms with E-state index < -0.39 is 21.7 Å². The Kier molecular flexibility index (Phi) is 5.87. The van der Waals surface area contributed by atoms with Gasteiger partial charge in [0.15, 0.2) is 0 Å². The molecule has 0 aromatic heterocycles. The summed E-state index contributed by atoms with van der Waals surface area (Å²) in [6.07, 6.45) is 0.766. The number of aliphatic imine (C=N–C) groups is 1. The van der Waals surface area contributed by atoms with Gasteiger partial charge in [-0.1, -0.05) is 23.8 Å². The monoisotopic (exact) mass is 455 g/mol. The van der Waals surface area contributed by atoms with Gasteiger partial charge in [-0.3, -0.25) is 9.79 Å². The number of piperidine rings is 1. The van der Waals surface area contributed by atoms with Gasteiger partial charge in [-0.15, -0.1) is 0 Å². The van der Waals surface area contributed by atoms with Crippen molar-refractivity contribution in [2.45, 2.75) is 37.2 Å². The molecule has 1 fully saturated rings. The largest absolute Gasteiger partial charge is 0.462 e. The number of nitrogens with one attached hydrogen (secondary N) is 1. The van der Waals surface area contributed by atoms with Crippen LogP contribution in [0.5, 0.6) is 0 Å². The van der Waals surface area contributed by atoms with Crippen molar-refractivity contribution in [2.75, 3.05) is 19.7 Å². The van der Waals surface area contributed by atoms with Gasteiger partial charge in [0.1, 0.15) is 11.4 Å². The van der Waals surface area contributed by atoms with E-state index in [4.69, 9.17) is 9.73 Å². The standard InChI is InChI=1S/C23H25N3O5S/c1-3-31-22(28)17-7-9-19(10-8-17)32(29,30)26-13-11-23(12-14-26)24-20(21(27)25-23)18-6-4-5-16(2)15-18/h4-10,15H,3,11-14H2,1-2H3,(H,25,27). The van der Waals surface area contributed by atoms with Gasteiger partial charge in [0.05, 0.1) is 17.1 Å². The zero-order valence-corrected chi connectivity index (χ0v) is 18.8. The van der Waals surface area contributed by atoms with E-state index >= 15 is 0 Å². The maximum atomic E-state index is 13.1. The molecule has 2 aliphatic rings. The summed E-state index contributed by atoms with van der Waals surface area (Å²) >= 11 is 0. The van der Waals surface area contributed by atoms with Crippen LogP contribution in [0.15, 0.2) is 58.4 Å². The molecule has 0 bridgehead atoms. The van der Waals surface area contributed by atoms with Crippen LogP contribution in [0.4, 0.5) is 0 Å². The first-order valence-corrected chi connectivity index (χ1v) is 11.9. The first kappa shape index (κ1) is 22.2. The Balaban J connectivity index is 1.48. The van der Waals surface area contributed by atoms with Crippen molar-refractivity contribution in [3.05, 3.63) is 65.2 Å². The number of carbonyl (C=O) groups excluding carboxylic acids is 2. The number of hydrogen-bond donors (Lipinski definition) is 1. The van der Waals surface area contributed by atoms with E-state index in [-0.39, 0.29) is 30.5 Å². The highest BCUT2D eigenvalue weighted by molar-refractivity contribution is 7.89. The predicted octanol–water partition coefficient (Wildman–Crippen LogP) is 2.27. The average molecular weight is 456 g/mol. The molecule has 0 atom stereocenters. The lowest BCUT2D eigenvalue weighted by atomic mass is 10.00. The molecular weight excluding hydrogens is 430 g/mol. The molecule has 2 aromatic carbocycles. The van der Waals surface area contributed by atoms with Crippen LogP contribution >= 0.6 is 0 Å². The fraction of sp³-hybridized carbons (Fsp3) is 0.348. The highest BCUT2D eigenvalue weighted by Gasteiger charge is 2.44. The molecular formula is C23H25N3O5S. The highest BCUT2D eigenvalue weighted by atomic mass is 32.2. The number of amides is 1. The summed E-state index contributed by atoms with van der Waals surface area (Å²) in [6, 6.07) is 13.3. The molecule has 8 nitrogen and oxygen atoms in total. The lowest BCUT2D eigenvalue weighted by molar-refractivity contribution is -0.115. The lowest BCUT2D eigenvalue weighted by Gasteiger charge is -2.36. The summed E-state index contributed by atoms with van der Waals surface area (Å²) in [5, 5.41) is 2.97. The van der Waals surface area contributed by atoms with Crippen LogP contribution in [0, 0.1) is 6.92 Å². The van der Waals surface area contributed by atoms with Crippen molar-refractivity contribution in [3.8, 4) is 0 Å². The van der Waals surface area contributed by atoms with E-state index in [0.717, 1.165) is 11.1 Å². The van der Waals surface area contributed by atoms with Crippen LogP contribution in [0.2, 0.25) is 0 Å². The minimum Gasteiger partial charge on any atom is -0.462 e. The van der Waals surface area contributed by atoms with E-state index in [0.29, 0.717) is 24.1 Å². The van der Waals surface area contributed by atoms with Gasteiger partial charge in [0.25, 0.3) is 5.91 Å². The Hall–Kier alpha value is -3.04. The number of ether oxygens (including phenoxy) is 1. The molecule has 1 spiro atoms. The number of rotatable bonds is 5. The van der Waals surface area contributed by atoms with Gasteiger partial charge in [-0.25, -0.2) is 13.2 Å². The Morgan fingerprint density at radius 1 is 1.16 bits per heavy atom. The second-order valence-electron chi connectivity index (χ2n) is 7.96. The van der Waals surface area contributed by atoms with Crippen molar-refractivity contribution in [1.29, 1.82) is 0 Å². The van der Waals surface area contributed by atoms with E-state index in [2.05, 4.69) is 5.32 Å². The molecule has 2 aliphatic heterocycles. The minimum atomic E-state index is -3.73. The number of benzene rings is 2. The topological polar surface area (TPSA) is 105 Å². The van der Waals surface area contributed by atoms with E-state index in [1.54, 1.807) is 6.92 Å². The normalized spacial score (nSPS) is 18.3. The molecule has 0 aliphatic carbocycles. The number of aryl methyl sites for hydroxylation is 1. The quantitative estimate of drug-likeness (QED) is 0.697. The molecule has 0 saturated carbocycles. The maximum Gasteiger partial charge on any atom is 0.338 e. The van der Waals surface area contributed by atoms with Crippen LogP contribution in [-0.2, 0) is 19.6 Å². The number of esters is 1. The SMILES string of the molecule is CCOC(=O)c1ccc(S(=O)(=O)N2CCC3(CC2)N=C(c2cccc(C)c2)C(=O)N3)cc1. The van der Waals surface area contributed by atoms with Crippen molar-refractivity contribution >= 4 is 27.6 Å². The third kappa shape index (κ3) is 4.18. The van der Waals surface area contributed by atoms with Crippen LogP contribution in [-0.4, -0.2) is 55.7 Å². The zero-order chi connectivity index (χ0) is 22.9. The summed E-state index contributed by atoms with van der Waals surface area (Å²) in [6.45, 7) is 4.37. The van der Waals surface area contributed by atoms with E-state index in [1.165, 1.54) is 28.6 Å². The molecule has 0 radical (unpaired) electrons. The zero-order valence-electron chi connectivity index (χ0n) is 18.0. The molecule has 0 unspecified atom stereocenters. The Bertz CT molecular complexity index is 1180. The van der Waals surface area contributed by atoms with Gasteiger partial charge >= 0.3 is 5.97 Å². The molecule has 9 heteroatoms. The first-order valence-electron chi connectivity index (χ1n) is 10.5. The van der Waals surface area contributed by atoms with Crippen molar-refractivity contribution in [3.63, 3.8) is 0 Å². The van der Waals surface area contributed by atoms with E-state index in [9.17, 15) is 18.0 Å². The highest BCUT2D eigenvalue weighted by Crippen LogP contribution is 2.31. The fourth-order valence-electron chi connectivity index (χ4n) is 4.01. The van der Waals surface area contributed by atoms with Crippen LogP contribution in [0.3, 0.4) is 0 Å². The lowest BCUT2D eigenvalue weighted by Crippen LogP contribution is -2.52. The molecule has 4 rings (SSSR count). The van der Waals surface area contributed by atoms with Gasteiger partial charge in [0, 0.05) is 31.5 Å². The predicted molar refractivity (Wildman–Crippen MR) is 119 cm³/mol. The molecule has 168 valence electrons. The number of hydrogen-bond acceptors (Lipinski definition) is 6. The second-order valence-corrected chi connectivity index (χ2v) is 9.90. The molecule has 1 N–H and O–H groups in total. The van der Waals surface area contributed by atoms with Gasteiger partial charge in [-0.05, 0) is 44.2 Å². The fourth-order valence-corrected chi connectivity index (χ4v) is 5.45. The second kappa shape index (κ2) is 8.48.